The van der Waals surface area contributed by atoms with E-state index in [1.54, 1.807) is 37.3 Å². The molecule has 2 aromatic carbocycles. The number of benzene rings is 2. The molecular weight excluding hydrogens is 432 g/mol. The number of amides is 1. The summed E-state index contributed by atoms with van der Waals surface area (Å²) in [4.78, 5) is 30.1. The van der Waals surface area contributed by atoms with Crippen molar-refractivity contribution in [2.75, 3.05) is 34.0 Å². The van der Waals surface area contributed by atoms with Gasteiger partial charge < -0.3 is 23.5 Å². The SMILES string of the molecule is CCOCCn1c(=NC(=O)c2cc(OC)ccc2OC)sc2cc(C(=O)OCC)ccc21. The molecule has 170 valence electrons. The fraction of sp³-hybridized carbons (Fsp3) is 0.348. The van der Waals surface area contributed by atoms with Gasteiger partial charge in [0.15, 0.2) is 4.80 Å². The Morgan fingerprint density at radius 3 is 2.53 bits per heavy atom. The molecule has 8 nitrogen and oxygen atoms in total. The van der Waals surface area contributed by atoms with Crippen molar-refractivity contribution in [2.45, 2.75) is 20.4 Å². The number of ether oxygens (including phenoxy) is 4. The highest BCUT2D eigenvalue weighted by Gasteiger charge is 2.16. The fourth-order valence-electron chi connectivity index (χ4n) is 3.14. The maximum Gasteiger partial charge on any atom is 0.338 e. The normalized spacial score (nSPS) is 11.6. The molecule has 1 heterocycles. The van der Waals surface area contributed by atoms with E-state index in [1.807, 2.05) is 17.6 Å². The van der Waals surface area contributed by atoms with Crippen LogP contribution in [0.3, 0.4) is 0 Å². The number of thiazole rings is 1. The third kappa shape index (κ3) is 5.17. The van der Waals surface area contributed by atoms with Gasteiger partial charge in [-0.1, -0.05) is 11.3 Å². The van der Waals surface area contributed by atoms with E-state index in [2.05, 4.69) is 4.99 Å². The number of fused-ring (bicyclic) bond motifs is 1. The van der Waals surface area contributed by atoms with E-state index in [-0.39, 0.29) is 5.97 Å². The van der Waals surface area contributed by atoms with E-state index in [4.69, 9.17) is 18.9 Å². The smallest absolute Gasteiger partial charge is 0.338 e. The molecule has 0 aliphatic heterocycles. The summed E-state index contributed by atoms with van der Waals surface area (Å²) in [6.45, 7) is 5.54. The van der Waals surface area contributed by atoms with Crippen LogP contribution in [0.25, 0.3) is 10.2 Å². The summed E-state index contributed by atoms with van der Waals surface area (Å²) in [5.74, 6) is 0.0950. The van der Waals surface area contributed by atoms with E-state index in [1.165, 1.54) is 25.6 Å². The summed E-state index contributed by atoms with van der Waals surface area (Å²) < 4.78 is 23.9. The van der Waals surface area contributed by atoms with Crippen LogP contribution in [-0.4, -0.2) is 50.5 Å². The molecule has 0 atom stereocenters. The van der Waals surface area contributed by atoms with E-state index < -0.39 is 5.91 Å². The number of hydrogen-bond donors (Lipinski definition) is 0. The van der Waals surface area contributed by atoms with Gasteiger partial charge in [0.25, 0.3) is 5.91 Å². The molecular formula is C23H26N2O6S. The van der Waals surface area contributed by atoms with Gasteiger partial charge in [0.05, 0.1) is 48.8 Å². The second kappa shape index (κ2) is 10.9. The number of carbonyl (C=O) groups is 2. The number of carbonyl (C=O) groups excluding carboxylic acids is 2. The van der Waals surface area contributed by atoms with Gasteiger partial charge >= 0.3 is 5.97 Å². The summed E-state index contributed by atoms with van der Waals surface area (Å²) in [7, 11) is 3.03. The first-order chi connectivity index (χ1) is 15.5. The van der Waals surface area contributed by atoms with Gasteiger partial charge in [0.1, 0.15) is 11.5 Å². The third-order valence-electron chi connectivity index (χ3n) is 4.69. The Morgan fingerprint density at radius 1 is 1.03 bits per heavy atom. The maximum absolute atomic E-state index is 13.1. The fourth-order valence-corrected chi connectivity index (χ4v) is 4.24. The first kappa shape index (κ1) is 23.5. The third-order valence-corrected chi connectivity index (χ3v) is 5.73. The van der Waals surface area contributed by atoms with E-state index in [9.17, 15) is 9.59 Å². The van der Waals surface area contributed by atoms with Gasteiger partial charge in [-0.2, -0.15) is 4.99 Å². The second-order valence-corrected chi connectivity index (χ2v) is 7.63. The molecule has 0 fully saturated rings. The summed E-state index contributed by atoms with van der Waals surface area (Å²) in [5.41, 5.74) is 1.60. The van der Waals surface area contributed by atoms with Crippen molar-refractivity contribution in [1.82, 2.24) is 4.57 Å². The highest BCUT2D eigenvalue weighted by molar-refractivity contribution is 7.16. The average Bonchev–Trinajstić information content (AvgIpc) is 3.15. The van der Waals surface area contributed by atoms with Crippen molar-refractivity contribution in [2.24, 2.45) is 4.99 Å². The molecule has 0 radical (unpaired) electrons. The van der Waals surface area contributed by atoms with Crippen LogP contribution in [0.2, 0.25) is 0 Å². The largest absolute Gasteiger partial charge is 0.497 e. The van der Waals surface area contributed by atoms with Crippen LogP contribution in [0, 0.1) is 0 Å². The lowest BCUT2D eigenvalue weighted by molar-refractivity contribution is 0.0526. The predicted octanol–water partition coefficient (Wildman–Crippen LogP) is 3.67. The zero-order valence-corrected chi connectivity index (χ0v) is 19.4. The molecule has 0 bridgehead atoms. The number of methoxy groups -OCH3 is 2. The molecule has 3 aromatic rings. The van der Waals surface area contributed by atoms with E-state index in [0.29, 0.717) is 53.8 Å². The number of esters is 1. The topological polar surface area (TPSA) is 88.4 Å². The first-order valence-electron chi connectivity index (χ1n) is 10.2. The maximum atomic E-state index is 13.1. The Balaban J connectivity index is 2.10. The van der Waals surface area contributed by atoms with Gasteiger partial charge in [0, 0.05) is 13.2 Å². The molecule has 3 rings (SSSR count). The number of rotatable bonds is 9. The van der Waals surface area contributed by atoms with Crippen molar-refractivity contribution in [3.8, 4) is 11.5 Å². The summed E-state index contributed by atoms with van der Waals surface area (Å²) in [6, 6.07) is 10.3. The molecule has 0 unspecified atom stereocenters. The van der Waals surface area contributed by atoms with Crippen molar-refractivity contribution < 1.29 is 28.5 Å². The van der Waals surface area contributed by atoms with Gasteiger partial charge in [-0.15, -0.1) is 0 Å². The lowest BCUT2D eigenvalue weighted by atomic mass is 10.2. The molecule has 0 aliphatic carbocycles. The minimum absolute atomic E-state index is 0.299. The molecule has 0 saturated carbocycles. The Labute approximate surface area is 190 Å². The molecule has 9 heteroatoms. The molecule has 0 spiro atoms. The Hall–Kier alpha value is -3.17. The Kier molecular flexibility index (Phi) is 8.02. The first-order valence-corrected chi connectivity index (χ1v) is 11.0. The minimum atomic E-state index is -0.455. The number of aromatic nitrogens is 1. The van der Waals surface area contributed by atoms with Crippen molar-refractivity contribution in [3.05, 3.63) is 52.3 Å². The van der Waals surface area contributed by atoms with Crippen molar-refractivity contribution >= 4 is 33.4 Å². The predicted molar refractivity (Wildman–Crippen MR) is 122 cm³/mol. The molecule has 0 aliphatic rings. The highest BCUT2D eigenvalue weighted by Crippen LogP contribution is 2.25. The van der Waals surface area contributed by atoms with E-state index >= 15 is 0 Å². The molecule has 1 aromatic heterocycles. The average molecular weight is 459 g/mol. The zero-order valence-electron chi connectivity index (χ0n) is 18.5. The van der Waals surface area contributed by atoms with Crippen LogP contribution in [0.1, 0.15) is 34.6 Å². The molecule has 32 heavy (non-hydrogen) atoms. The van der Waals surface area contributed by atoms with Crippen molar-refractivity contribution in [3.63, 3.8) is 0 Å². The standard InChI is InChI=1S/C23H26N2O6S/c1-5-30-12-11-25-18-9-7-15(22(27)31-6-2)13-20(18)32-23(25)24-21(26)17-14-16(28-3)8-10-19(17)29-4/h7-10,13-14H,5-6,11-12H2,1-4H3. The second-order valence-electron chi connectivity index (χ2n) is 6.62. The van der Waals surface area contributed by atoms with Crippen LogP contribution in [0.5, 0.6) is 11.5 Å². The van der Waals surface area contributed by atoms with Crippen LogP contribution < -0.4 is 14.3 Å². The zero-order chi connectivity index (χ0) is 23.1. The summed E-state index contributed by atoms with van der Waals surface area (Å²) in [6.07, 6.45) is 0. The highest BCUT2D eigenvalue weighted by atomic mass is 32.1. The van der Waals surface area contributed by atoms with Crippen LogP contribution in [0.15, 0.2) is 41.4 Å². The van der Waals surface area contributed by atoms with Gasteiger partial charge in [-0.05, 0) is 50.2 Å². The Bertz CT molecular complexity index is 1180. The number of hydrogen-bond acceptors (Lipinski definition) is 7. The van der Waals surface area contributed by atoms with Crippen LogP contribution in [-0.2, 0) is 16.0 Å². The lowest BCUT2D eigenvalue weighted by Crippen LogP contribution is -2.20. The van der Waals surface area contributed by atoms with Crippen LogP contribution >= 0.6 is 11.3 Å². The van der Waals surface area contributed by atoms with Gasteiger partial charge in [-0.25, -0.2) is 4.79 Å². The van der Waals surface area contributed by atoms with E-state index in [0.717, 1.165) is 10.2 Å². The molecule has 0 saturated heterocycles. The summed E-state index contributed by atoms with van der Waals surface area (Å²) in [5, 5.41) is 0. The van der Waals surface area contributed by atoms with Gasteiger partial charge in [0.2, 0.25) is 0 Å². The summed E-state index contributed by atoms with van der Waals surface area (Å²) >= 11 is 1.32. The minimum Gasteiger partial charge on any atom is -0.497 e. The monoisotopic (exact) mass is 458 g/mol. The quantitative estimate of drug-likeness (QED) is 0.359. The molecule has 0 N–H and O–H groups in total. The number of nitrogens with zero attached hydrogens (tertiary/aromatic N) is 2. The van der Waals surface area contributed by atoms with Crippen molar-refractivity contribution in [1.29, 1.82) is 0 Å². The van der Waals surface area contributed by atoms with Gasteiger partial charge in [-0.3, -0.25) is 4.79 Å². The molecule has 1 amide bonds. The lowest BCUT2D eigenvalue weighted by Gasteiger charge is -2.08. The Morgan fingerprint density at radius 2 is 1.84 bits per heavy atom. The van der Waals surface area contributed by atoms with Crippen LogP contribution in [0.4, 0.5) is 0 Å².